The molecule has 0 aromatic rings. The van der Waals surface area contributed by atoms with Gasteiger partial charge in [-0.1, -0.05) is 0 Å². The summed E-state index contributed by atoms with van der Waals surface area (Å²) in [6.45, 7) is -0.666. The number of nitrogens with one attached hydrogen (secondary N) is 3. The van der Waals surface area contributed by atoms with E-state index in [-0.39, 0.29) is 5.96 Å². The average molecular weight is 476 g/mol. The Bertz CT molecular complexity index is 1040. The van der Waals surface area contributed by atoms with Gasteiger partial charge in [0.1, 0.15) is 12.6 Å². The highest BCUT2D eigenvalue weighted by Crippen LogP contribution is 2.44. The largest absolute Gasteiger partial charge is 0.445 e. The summed E-state index contributed by atoms with van der Waals surface area (Å²) >= 11 is 0. The Morgan fingerprint density at radius 2 is 1.93 bits per heavy atom. The summed E-state index contributed by atoms with van der Waals surface area (Å²) in [5.74, 6) is -3.53. The van der Waals surface area contributed by atoms with E-state index in [1.807, 2.05) is 0 Å². The predicted octanol–water partition coefficient (Wildman–Crippen LogP) is -5.97. The normalized spacial score (nSPS) is 32.4. The molecule has 0 aliphatic carbocycles. The second-order valence-electron chi connectivity index (χ2n) is 6.53. The lowest BCUT2D eigenvalue weighted by Crippen LogP contribution is -2.78. The lowest BCUT2D eigenvalue weighted by atomic mass is 9.87. The van der Waals surface area contributed by atoms with Crippen molar-refractivity contribution in [2.24, 2.45) is 16.5 Å². The topological polar surface area (TPSA) is 288 Å². The highest BCUT2D eigenvalue weighted by atomic mass is 32.3. The first kappa shape index (κ1) is 22.2. The third-order valence-electron chi connectivity index (χ3n) is 4.58. The fourth-order valence-electron chi connectivity index (χ4n) is 3.71. The monoisotopic (exact) mass is 476 g/mol. The minimum Gasteiger partial charge on any atom is -0.445 e. The molecular weight excluding hydrogens is 458 g/mol. The molecule has 0 aromatic carbocycles. The third kappa shape index (κ3) is 3.80. The van der Waals surface area contributed by atoms with E-state index in [4.69, 9.17) is 20.6 Å². The Kier molecular flexibility index (Phi) is 5.00. The molecule has 0 radical (unpaired) electrons. The van der Waals surface area contributed by atoms with E-state index in [0.29, 0.717) is 0 Å². The molecule has 1 spiro atoms. The van der Waals surface area contributed by atoms with Crippen molar-refractivity contribution in [3.8, 4) is 0 Å². The summed E-state index contributed by atoms with van der Waals surface area (Å²) in [6.07, 6.45) is -4.07. The highest BCUT2D eigenvalue weighted by molar-refractivity contribution is 7.84. The van der Waals surface area contributed by atoms with Crippen LogP contribution in [-0.4, -0.2) is 95.1 Å². The maximum Gasteiger partial charge on any atom is 0.422 e. The summed E-state index contributed by atoms with van der Waals surface area (Å²) in [5.41, 5.74) is 9.42. The number of carbonyl (C=O) groups is 1. The van der Waals surface area contributed by atoms with Gasteiger partial charge in [-0.2, -0.15) is 21.6 Å². The van der Waals surface area contributed by atoms with Crippen LogP contribution in [0.1, 0.15) is 6.42 Å². The molecule has 11 N–H and O–H groups in total. The van der Waals surface area contributed by atoms with Crippen molar-refractivity contribution >= 4 is 38.7 Å². The lowest BCUT2D eigenvalue weighted by Gasteiger charge is -2.42. The first-order valence-corrected chi connectivity index (χ1v) is 10.7. The minimum atomic E-state index is -5.04. The highest BCUT2D eigenvalue weighted by Gasteiger charge is 2.74. The van der Waals surface area contributed by atoms with Gasteiger partial charge < -0.3 is 26.0 Å². The smallest absolute Gasteiger partial charge is 0.422 e. The zero-order valence-electron chi connectivity index (χ0n) is 14.7. The molecule has 20 heteroatoms. The molecule has 0 saturated carbocycles. The summed E-state index contributed by atoms with van der Waals surface area (Å²) in [6, 6.07) is -2.46. The van der Waals surface area contributed by atoms with Crippen molar-refractivity contribution in [3.05, 3.63) is 0 Å². The van der Waals surface area contributed by atoms with Crippen molar-refractivity contribution in [2.75, 3.05) is 6.61 Å². The Morgan fingerprint density at radius 1 is 1.30 bits per heavy atom. The van der Waals surface area contributed by atoms with Crippen LogP contribution in [0.2, 0.25) is 0 Å². The second kappa shape index (κ2) is 6.76. The van der Waals surface area contributed by atoms with Gasteiger partial charge in [0.15, 0.2) is 12.0 Å². The molecule has 30 heavy (non-hydrogen) atoms. The van der Waals surface area contributed by atoms with Crippen molar-refractivity contribution in [3.63, 3.8) is 0 Å². The van der Waals surface area contributed by atoms with Gasteiger partial charge in [-0.25, -0.2) is 18.5 Å². The lowest BCUT2D eigenvalue weighted by molar-refractivity contribution is -0.672. The van der Waals surface area contributed by atoms with Crippen LogP contribution in [0.15, 0.2) is 4.99 Å². The number of aliphatic hydroxyl groups is 2. The molecule has 4 atom stereocenters. The van der Waals surface area contributed by atoms with E-state index in [1.54, 1.807) is 0 Å². The molecule has 3 aliphatic rings. The van der Waals surface area contributed by atoms with Crippen LogP contribution in [0.3, 0.4) is 0 Å². The minimum absolute atomic E-state index is 0.325. The maximum atomic E-state index is 11.5. The summed E-state index contributed by atoms with van der Waals surface area (Å²) < 4.78 is 72.3. The molecule has 3 heterocycles. The summed E-state index contributed by atoms with van der Waals surface area (Å²) in [5, 5.41) is 26.3. The number of hydrogen-bond donors (Lipinski definition) is 9. The molecule has 18 nitrogen and oxygen atoms in total. The molecule has 1 fully saturated rings. The number of guanidine groups is 2. The van der Waals surface area contributed by atoms with Crippen LogP contribution in [0.25, 0.3) is 0 Å². The molecule has 0 unspecified atom stereocenters. The van der Waals surface area contributed by atoms with E-state index in [0.717, 1.165) is 9.30 Å². The molecule has 1 saturated heterocycles. The van der Waals surface area contributed by atoms with Gasteiger partial charge in [-0.05, 0) is 0 Å². The van der Waals surface area contributed by atoms with Crippen molar-refractivity contribution < 1.29 is 54.4 Å². The molecule has 1 amide bonds. The molecular formula is C10H18N7O11S2+. The Morgan fingerprint density at radius 3 is 2.50 bits per heavy atom. The van der Waals surface area contributed by atoms with E-state index < -0.39 is 75.5 Å². The quantitative estimate of drug-likeness (QED) is 0.101. The van der Waals surface area contributed by atoms with Crippen LogP contribution in [0.5, 0.6) is 0 Å². The van der Waals surface area contributed by atoms with Crippen molar-refractivity contribution in [1.82, 2.24) is 15.4 Å². The van der Waals surface area contributed by atoms with Gasteiger partial charge in [-0.3, -0.25) is 20.2 Å². The predicted molar refractivity (Wildman–Crippen MR) is 91.9 cm³/mol. The zero-order valence-corrected chi connectivity index (χ0v) is 16.3. The Labute approximate surface area is 168 Å². The van der Waals surface area contributed by atoms with Crippen LogP contribution >= 0.6 is 0 Å². The molecule has 170 valence electrons. The van der Waals surface area contributed by atoms with Gasteiger partial charge in [0, 0.05) is 0 Å². The Hall–Kier alpha value is -2.49. The van der Waals surface area contributed by atoms with Crippen LogP contribution in [0.4, 0.5) is 4.79 Å². The first-order chi connectivity index (χ1) is 13.6. The van der Waals surface area contributed by atoms with E-state index in [2.05, 4.69) is 24.5 Å². The summed E-state index contributed by atoms with van der Waals surface area (Å²) in [4.78, 5) is 15.4. The van der Waals surface area contributed by atoms with Crippen LogP contribution in [0, 0.1) is 0 Å². The standard InChI is InChI=1S/C10H17N7O11S2/c11-6-14-5-3(2-27-8(18)16-29(21,22)23)13-7(12)17-4(28-30(24,25)26)1-9(19,20)10(5,17)15-6/h3-5,19-20H,1-2H2,(H8,11,12,13,14,15,16,18,21,22,23,24,25,26)/p+1/t3-,4+,5-,10-/m0/s1. The SMILES string of the molecule is NC1=N[C@H]2[C@H](COC(=O)NS(=O)(=O)O)NC(N)=[N+]3[C@H](OS(=O)(=O)O)CC(O)(O)[C@]23N1. The van der Waals surface area contributed by atoms with Crippen LogP contribution in [-0.2, 0) is 29.6 Å². The van der Waals surface area contributed by atoms with Crippen molar-refractivity contribution in [2.45, 2.75) is 36.2 Å². The summed E-state index contributed by atoms with van der Waals surface area (Å²) in [7, 11) is -9.94. The van der Waals surface area contributed by atoms with E-state index >= 15 is 0 Å². The van der Waals surface area contributed by atoms with Gasteiger partial charge in [0.2, 0.25) is 17.7 Å². The fraction of sp³-hybridized carbons (Fsp3) is 0.700. The number of rotatable bonds is 5. The number of nitrogens with zero attached hydrogens (tertiary/aromatic N) is 2. The third-order valence-corrected chi connectivity index (χ3v) is 5.47. The molecule has 3 rings (SSSR count). The molecule has 0 aromatic heterocycles. The van der Waals surface area contributed by atoms with Crippen LogP contribution < -0.4 is 26.8 Å². The van der Waals surface area contributed by atoms with Gasteiger partial charge in [0.05, 0.1) is 6.42 Å². The Balaban J connectivity index is 1.96. The number of aliphatic imine (C=N–C) groups is 1. The second-order valence-corrected chi connectivity index (χ2v) is 8.73. The van der Waals surface area contributed by atoms with Gasteiger partial charge in [-0.15, -0.1) is 0 Å². The number of hydrogen-bond acceptors (Lipinski definition) is 14. The number of ether oxygens (including phenoxy) is 1. The number of amides is 1. The van der Waals surface area contributed by atoms with Gasteiger partial charge in [0.25, 0.3) is 0 Å². The van der Waals surface area contributed by atoms with E-state index in [1.165, 1.54) is 0 Å². The van der Waals surface area contributed by atoms with E-state index in [9.17, 15) is 31.8 Å². The molecule has 3 aliphatic heterocycles. The van der Waals surface area contributed by atoms with Crippen molar-refractivity contribution in [1.29, 1.82) is 0 Å². The molecule has 0 bridgehead atoms. The fourth-order valence-corrected chi connectivity index (χ4v) is 4.41. The first-order valence-electron chi connectivity index (χ1n) is 7.88. The zero-order chi connectivity index (χ0) is 22.7. The maximum absolute atomic E-state index is 11.5. The number of carbonyl (C=O) groups excluding carboxylic acids is 1. The van der Waals surface area contributed by atoms with Gasteiger partial charge >= 0.3 is 32.8 Å². The average Bonchev–Trinajstić information content (AvgIpc) is 2.96. The number of nitrogens with two attached hydrogens (primary N) is 2.